The number of hydrogen-bond acceptors (Lipinski definition) is 3. The minimum atomic E-state index is 0.0199. The van der Waals surface area contributed by atoms with Gasteiger partial charge in [0, 0.05) is 30.6 Å². The molecule has 0 saturated carbocycles. The molecule has 16 heavy (non-hydrogen) atoms. The first-order valence-corrected chi connectivity index (χ1v) is 5.74. The normalized spacial score (nSPS) is 9.69. The molecule has 0 radical (unpaired) electrons. The quantitative estimate of drug-likeness (QED) is 0.871. The lowest BCUT2D eigenvalue weighted by Gasteiger charge is -2.09. The molecular formula is C11H15BrN2O2. The smallest absolute Gasteiger partial charge is 0.221 e. The van der Waals surface area contributed by atoms with Crippen molar-refractivity contribution in [2.45, 2.75) is 6.42 Å². The minimum Gasteiger partial charge on any atom is -0.497 e. The van der Waals surface area contributed by atoms with Crippen molar-refractivity contribution in [3.05, 3.63) is 22.7 Å². The Morgan fingerprint density at radius 3 is 2.88 bits per heavy atom. The van der Waals surface area contributed by atoms with Crippen LogP contribution in [0.4, 0.5) is 5.69 Å². The summed E-state index contributed by atoms with van der Waals surface area (Å²) in [4.78, 5) is 11.0. The molecular weight excluding hydrogens is 272 g/mol. The summed E-state index contributed by atoms with van der Waals surface area (Å²) < 4.78 is 6.07. The number of halogens is 1. The number of methoxy groups -OCH3 is 1. The molecule has 0 bridgehead atoms. The number of ether oxygens (including phenoxy) is 1. The Hall–Kier alpha value is -1.23. The summed E-state index contributed by atoms with van der Waals surface area (Å²) in [5.74, 6) is 0.803. The van der Waals surface area contributed by atoms with E-state index < -0.39 is 0 Å². The maximum atomic E-state index is 11.0. The fourth-order valence-corrected chi connectivity index (χ4v) is 1.59. The maximum absolute atomic E-state index is 11.0. The monoisotopic (exact) mass is 286 g/mol. The highest BCUT2D eigenvalue weighted by atomic mass is 79.9. The van der Waals surface area contributed by atoms with Crippen LogP contribution >= 0.6 is 15.9 Å². The van der Waals surface area contributed by atoms with Gasteiger partial charge in [-0.15, -0.1) is 0 Å². The largest absolute Gasteiger partial charge is 0.497 e. The molecule has 0 unspecified atom stereocenters. The van der Waals surface area contributed by atoms with Crippen molar-refractivity contribution in [2.24, 2.45) is 0 Å². The number of amides is 1. The topological polar surface area (TPSA) is 50.4 Å². The van der Waals surface area contributed by atoms with Crippen LogP contribution in [0.5, 0.6) is 5.75 Å². The number of hydrogen-bond donors (Lipinski definition) is 2. The molecule has 1 aromatic carbocycles. The lowest BCUT2D eigenvalue weighted by atomic mass is 10.3. The maximum Gasteiger partial charge on any atom is 0.221 e. The van der Waals surface area contributed by atoms with E-state index in [2.05, 4.69) is 26.6 Å². The summed E-state index contributed by atoms with van der Waals surface area (Å²) in [7, 11) is 3.25. The molecule has 0 aliphatic rings. The summed E-state index contributed by atoms with van der Waals surface area (Å²) in [6.45, 7) is 0.589. The molecule has 5 heteroatoms. The second-order valence-corrected chi connectivity index (χ2v) is 4.05. The molecule has 4 nitrogen and oxygen atoms in total. The Morgan fingerprint density at radius 1 is 1.50 bits per heavy atom. The Kier molecular flexibility index (Phi) is 5.11. The van der Waals surface area contributed by atoms with E-state index in [1.807, 2.05) is 18.2 Å². The van der Waals surface area contributed by atoms with Crippen molar-refractivity contribution in [3.63, 3.8) is 0 Å². The van der Waals surface area contributed by atoms with Gasteiger partial charge in [0.1, 0.15) is 5.75 Å². The van der Waals surface area contributed by atoms with Gasteiger partial charge >= 0.3 is 0 Å². The fraction of sp³-hybridized carbons (Fsp3) is 0.364. The van der Waals surface area contributed by atoms with Crippen LogP contribution < -0.4 is 15.4 Å². The van der Waals surface area contributed by atoms with E-state index in [4.69, 9.17) is 4.74 Å². The predicted molar refractivity (Wildman–Crippen MR) is 67.9 cm³/mol. The molecule has 0 aromatic heterocycles. The van der Waals surface area contributed by atoms with Crippen molar-refractivity contribution < 1.29 is 9.53 Å². The summed E-state index contributed by atoms with van der Waals surface area (Å²) in [5.41, 5.74) is 0.920. The number of carbonyl (C=O) groups excluding carboxylic acids is 1. The van der Waals surface area contributed by atoms with Gasteiger partial charge in [0.25, 0.3) is 0 Å². The molecule has 0 aliphatic carbocycles. The first-order valence-electron chi connectivity index (χ1n) is 4.95. The highest BCUT2D eigenvalue weighted by molar-refractivity contribution is 9.10. The second kappa shape index (κ2) is 6.37. The Labute approximate surface area is 103 Å². The van der Waals surface area contributed by atoms with Crippen LogP contribution in [-0.4, -0.2) is 26.6 Å². The van der Waals surface area contributed by atoms with Gasteiger partial charge in [0.2, 0.25) is 5.91 Å². The molecule has 0 heterocycles. The number of benzene rings is 1. The standard InChI is InChI=1S/C11H15BrN2O2/c1-13-11(15)5-6-14-10-7-8(16-2)3-4-9(10)12/h3-4,7,14H,5-6H2,1-2H3,(H,13,15). The number of anilines is 1. The van der Waals surface area contributed by atoms with Crippen LogP contribution in [0.2, 0.25) is 0 Å². The van der Waals surface area contributed by atoms with E-state index >= 15 is 0 Å². The van der Waals surface area contributed by atoms with E-state index in [1.165, 1.54) is 0 Å². The summed E-state index contributed by atoms with van der Waals surface area (Å²) in [5, 5.41) is 5.74. The first kappa shape index (κ1) is 12.8. The third kappa shape index (κ3) is 3.73. The third-order valence-corrected chi connectivity index (χ3v) is 2.81. The van der Waals surface area contributed by atoms with Gasteiger partial charge in [0.05, 0.1) is 12.8 Å². The SMILES string of the molecule is CNC(=O)CCNc1cc(OC)ccc1Br. The van der Waals surface area contributed by atoms with Gasteiger partial charge in [-0.25, -0.2) is 0 Å². The van der Waals surface area contributed by atoms with Crippen molar-refractivity contribution in [1.29, 1.82) is 0 Å². The number of carbonyl (C=O) groups is 1. The van der Waals surface area contributed by atoms with Gasteiger partial charge < -0.3 is 15.4 Å². The number of nitrogens with one attached hydrogen (secondary N) is 2. The fourth-order valence-electron chi connectivity index (χ4n) is 1.20. The highest BCUT2D eigenvalue weighted by Crippen LogP contribution is 2.26. The zero-order valence-electron chi connectivity index (χ0n) is 9.34. The third-order valence-electron chi connectivity index (χ3n) is 2.12. The zero-order valence-corrected chi connectivity index (χ0v) is 10.9. The van der Waals surface area contributed by atoms with E-state index in [9.17, 15) is 4.79 Å². The molecule has 88 valence electrons. The molecule has 0 atom stereocenters. The summed E-state index contributed by atoms with van der Waals surface area (Å²) >= 11 is 3.43. The summed E-state index contributed by atoms with van der Waals surface area (Å²) in [6.07, 6.45) is 0.445. The van der Waals surface area contributed by atoms with Crippen LogP contribution in [-0.2, 0) is 4.79 Å². The van der Waals surface area contributed by atoms with E-state index in [0.29, 0.717) is 13.0 Å². The van der Waals surface area contributed by atoms with Crippen LogP contribution in [0.1, 0.15) is 6.42 Å². The molecule has 0 saturated heterocycles. The molecule has 2 N–H and O–H groups in total. The van der Waals surface area contributed by atoms with E-state index in [-0.39, 0.29) is 5.91 Å². The molecule has 0 aliphatic heterocycles. The van der Waals surface area contributed by atoms with Crippen LogP contribution in [0.15, 0.2) is 22.7 Å². The molecule has 0 spiro atoms. The molecule has 1 rings (SSSR count). The van der Waals surface area contributed by atoms with Crippen LogP contribution in [0.3, 0.4) is 0 Å². The van der Waals surface area contributed by atoms with Crippen molar-refractivity contribution >= 4 is 27.5 Å². The van der Waals surface area contributed by atoms with Gasteiger partial charge in [-0.3, -0.25) is 4.79 Å². The highest BCUT2D eigenvalue weighted by Gasteiger charge is 2.02. The van der Waals surface area contributed by atoms with E-state index in [1.54, 1.807) is 14.2 Å². The average molecular weight is 287 g/mol. The first-order chi connectivity index (χ1) is 7.67. The molecule has 0 fully saturated rings. The lowest BCUT2D eigenvalue weighted by Crippen LogP contribution is -2.20. The van der Waals surface area contributed by atoms with Crippen molar-refractivity contribution in [3.8, 4) is 5.75 Å². The zero-order chi connectivity index (χ0) is 12.0. The Balaban J connectivity index is 2.55. The summed E-state index contributed by atoms with van der Waals surface area (Å²) in [6, 6.07) is 5.66. The predicted octanol–water partition coefficient (Wildman–Crippen LogP) is 2.01. The van der Waals surface area contributed by atoms with Crippen LogP contribution in [0.25, 0.3) is 0 Å². The van der Waals surface area contributed by atoms with Gasteiger partial charge in [0.15, 0.2) is 0 Å². The minimum absolute atomic E-state index is 0.0199. The average Bonchev–Trinajstić information content (AvgIpc) is 2.31. The number of rotatable bonds is 5. The molecule has 1 amide bonds. The Bertz CT molecular complexity index is 369. The second-order valence-electron chi connectivity index (χ2n) is 3.20. The van der Waals surface area contributed by atoms with Crippen molar-refractivity contribution in [2.75, 3.05) is 26.0 Å². The van der Waals surface area contributed by atoms with Crippen molar-refractivity contribution in [1.82, 2.24) is 5.32 Å². The van der Waals surface area contributed by atoms with Crippen LogP contribution in [0, 0.1) is 0 Å². The van der Waals surface area contributed by atoms with Gasteiger partial charge in [-0.2, -0.15) is 0 Å². The Morgan fingerprint density at radius 2 is 2.25 bits per heavy atom. The molecule has 1 aromatic rings. The van der Waals surface area contributed by atoms with Gasteiger partial charge in [-0.05, 0) is 28.1 Å². The van der Waals surface area contributed by atoms with E-state index in [0.717, 1.165) is 15.9 Å². The lowest BCUT2D eigenvalue weighted by molar-refractivity contribution is -0.120. The van der Waals surface area contributed by atoms with Gasteiger partial charge in [-0.1, -0.05) is 0 Å².